The summed E-state index contributed by atoms with van der Waals surface area (Å²) in [5.74, 6) is -0.294. The molecule has 0 radical (unpaired) electrons. The van der Waals surface area contributed by atoms with E-state index in [1.165, 1.54) is 17.2 Å². The third kappa shape index (κ3) is 3.12. The maximum Gasteiger partial charge on any atom is 0.258 e. The van der Waals surface area contributed by atoms with Gasteiger partial charge in [0, 0.05) is 30.1 Å². The fourth-order valence-corrected chi connectivity index (χ4v) is 1.85. The maximum atomic E-state index is 12.5. The molecule has 5 heteroatoms. The average molecular weight is 267 g/mol. The molecule has 0 fully saturated rings. The molecule has 0 aliphatic heterocycles. The summed E-state index contributed by atoms with van der Waals surface area (Å²) in [5.41, 5.74) is 0.674. The molecule has 0 saturated carbocycles. The Hall–Kier alpha value is -2.87. The molecule has 0 spiro atoms. The molecule has 0 bridgehead atoms. The lowest BCUT2D eigenvalue weighted by Gasteiger charge is -2.21. The van der Waals surface area contributed by atoms with E-state index in [4.69, 9.17) is 5.26 Å². The van der Waals surface area contributed by atoms with E-state index in [1.54, 1.807) is 18.2 Å². The minimum atomic E-state index is -0.329. The van der Waals surface area contributed by atoms with Crippen molar-refractivity contribution in [2.45, 2.75) is 6.42 Å². The molecule has 1 amide bonds. The number of aromatic nitrogens is 1. The second-order valence-corrected chi connectivity index (χ2v) is 4.14. The van der Waals surface area contributed by atoms with Gasteiger partial charge in [0.25, 0.3) is 5.91 Å². The third-order valence-corrected chi connectivity index (χ3v) is 2.78. The number of nitrogens with zero attached hydrogens (tertiary/aromatic N) is 2. The minimum absolute atomic E-state index is 0.226. The molecule has 20 heavy (non-hydrogen) atoms. The third-order valence-electron chi connectivity index (χ3n) is 2.78. The largest absolute Gasteiger partial charge is 0.329 e. The quantitative estimate of drug-likeness (QED) is 0.919. The fraction of sp³-hybridized carbons (Fsp3) is 0.133. The molecule has 100 valence electrons. The van der Waals surface area contributed by atoms with Crippen molar-refractivity contribution in [3.8, 4) is 6.07 Å². The van der Waals surface area contributed by atoms with Crippen molar-refractivity contribution >= 4 is 11.6 Å². The zero-order valence-electron chi connectivity index (χ0n) is 10.7. The van der Waals surface area contributed by atoms with Gasteiger partial charge in [0.05, 0.1) is 12.5 Å². The first-order chi connectivity index (χ1) is 9.72. The highest BCUT2D eigenvalue weighted by Crippen LogP contribution is 2.16. The number of hydrogen-bond acceptors (Lipinski definition) is 3. The van der Waals surface area contributed by atoms with Gasteiger partial charge in [0.2, 0.25) is 5.56 Å². The second kappa shape index (κ2) is 6.34. The van der Waals surface area contributed by atoms with Crippen molar-refractivity contribution in [3.05, 3.63) is 64.6 Å². The molecule has 2 rings (SSSR count). The van der Waals surface area contributed by atoms with Crippen molar-refractivity contribution in [3.63, 3.8) is 0 Å². The maximum absolute atomic E-state index is 12.5. The zero-order valence-corrected chi connectivity index (χ0v) is 10.7. The molecule has 0 aliphatic carbocycles. The lowest BCUT2D eigenvalue weighted by atomic mass is 10.2. The van der Waals surface area contributed by atoms with Crippen LogP contribution in [0, 0.1) is 11.3 Å². The van der Waals surface area contributed by atoms with Crippen LogP contribution in [0.25, 0.3) is 0 Å². The number of para-hydroxylation sites is 1. The number of nitrogens with one attached hydrogen (secondary N) is 1. The first kappa shape index (κ1) is 13.6. The lowest BCUT2D eigenvalue weighted by Crippen LogP contribution is -2.32. The predicted octanol–water partition coefficient (Wildman–Crippen LogP) is 1.94. The second-order valence-electron chi connectivity index (χ2n) is 4.14. The number of nitriles is 1. The van der Waals surface area contributed by atoms with Gasteiger partial charge in [-0.1, -0.05) is 18.2 Å². The van der Waals surface area contributed by atoms with Crippen LogP contribution in [-0.4, -0.2) is 17.4 Å². The monoisotopic (exact) mass is 267 g/mol. The Kier molecular flexibility index (Phi) is 4.30. The Balaban J connectivity index is 2.34. The molecule has 0 atom stereocenters. The number of aromatic amines is 1. The van der Waals surface area contributed by atoms with E-state index in [0.717, 1.165) is 0 Å². The summed E-state index contributed by atoms with van der Waals surface area (Å²) in [5, 5.41) is 8.72. The first-order valence-electron chi connectivity index (χ1n) is 6.15. The topological polar surface area (TPSA) is 77.0 Å². The molecule has 2 aromatic rings. The molecule has 1 N–H and O–H groups in total. The van der Waals surface area contributed by atoms with Gasteiger partial charge in [-0.2, -0.15) is 5.26 Å². The van der Waals surface area contributed by atoms with E-state index in [2.05, 4.69) is 4.98 Å². The Morgan fingerprint density at radius 1 is 1.25 bits per heavy atom. The zero-order chi connectivity index (χ0) is 14.4. The summed E-state index contributed by atoms with van der Waals surface area (Å²) >= 11 is 0. The van der Waals surface area contributed by atoms with Crippen LogP contribution in [0.1, 0.15) is 16.8 Å². The average Bonchev–Trinajstić information content (AvgIpc) is 2.48. The molecule has 1 heterocycles. The van der Waals surface area contributed by atoms with Gasteiger partial charge in [-0.05, 0) is 18.2 Å². The van der Waals surface area contributed by atoms with Crippen LogP contribution in [0.3, 0.4) is 0 Å². The number of rotatable bonds is 4. The van der Waals surface area contributed by atoms with Gasteiger partial charge in [-0.25, -0.2) is 0 Å². The summed E-state index contributed by atoms with van der Waals surface area (Å²) in [6.07, 6.45) is 1.66. The predicted molar refractivity (Wildman–Crippen MR) is 75.4 cm³/mol. The number of benzene rings is 1. The SMILES string of the molecule is N#CCCN(C(=O)c1cc[nH]c(=O)c1)c1ccccc1. The molecule has 1 aromatic heterocycles. The van der Waals surface area contributed by atoms with Crippen molar-refractivity contribution in [1.82, 2.24) is 4.98 Å². The highest BCUT2D eigenvalue weighted by Gasteiger charge is 2.17. The number of anilines is 1. The number of H-pyrrole nitrogens is 1. The van der Waals surface area contributed by atoms with Gasteiger partial charge in [0.15, 0.2) is 0 Å². The molecular weight excluding hydrogens is 254 g/mol. The minimum Gasteiger partial charge on any atom is -0.329 e. The van der Waals surface area contributed by atoms with Crippen LogP contribution >= 0.6 is 0 Å². The molecule has 0 saturated heterocycles. The van der Waals surface area contributed by atoms with Gasteiger partial charge in [-0.3, -0.25) is 9.59 Å². The van der Waals surface area contributed by atoms with Gasteiger partial charge in [-0.15, -0.1) is 0 Å². The van der Waals surface area contributed by atoms with E-state index in [1.807, 2.05) is 24.3 Å². The lowest BCUT2D eigenvalue weighted by molar-refractivity contribution is 0.0987. The number of amides is 1. The summed E-state index contributed by atoms with van der Waals surface area (Å²) < 4.78 is 0. The Morgan fingerprint density at radius 2 is 2.00 bits per heavy atom. The van der Waals surface area contributed by atoms with Crippen molar-refractivity contribution in [1.29, 1.82) is 5.26 Å². The molecular formula is C15H13N3O2. The van der Waals surface area contributed by atoms with Gasteiger partial charge in [0.1, 0.15) is 0 Å². The van der Waals surface area contributed by atoms with Gasteiger partial charge >= 0.3 is 0 Å². The fourth-order valence-electron chi connectivity index (χ4n) is 1.85. The summed E-state index contributed by atoms with van der Waals surface area (Å²) in [4.78, 5) is 27.7. The standard InChI is InChI=1S/C15H13N3O2/c16-8-4-10-18(13-5-2-1-3-6-13)15(20)12-7-9-17-14(19)11-12/h1-3,5-7,9,11H,4,10H2,(H,17,19). The Morgan fingerprint density at radius 3 is 2.65 bits per heavy atom. The normalized spacial score (nSPS) is 9.75. The molecule has 0 aliphatic rings. The summed E-state index contributed by atoms with van der Waals surface area (Å²) in [7, 11) is 0. The highest BCUT2D eigenvalue weighted by atomic mass is 16.2. The van der Waals surface area contributed by atoms with Crippen LogP contribution in [0.15, 0.2) is 53.5 Å². The van der Waals surface area contributed by atoms with Gasteiger partial charge < -0.3 is 9.88 Å². The van der Waals surface area contributed by atoms with Crippen LogP contribution in [-0.2, 0) is 0 Å². The molecule has 0 unspecified atom stereocenters. The van der Waals surface area contributed by atoms with Crippen LogP contribution in [0.5, 0.6) is 0 Å². The van der Waals surface area contributed by atoms with E-state index >= 15 is 0 Å². The summed E-state index contributed by atoms with van der Waals surface area (Å²) in [6, 6.07) is 13.9. The van der Waals surface area contributed by atoms with Crippen LogP contribution < -0.4 is 10.5 Å². The van der Waals surface area contributed by atoms with E-state index in [-0.39, 0.29) is 24.4 Å². The van der Waals surface area contributed by atoms with E-state index in [9.17, 15) is 9.59 Å². The first-order valence-corrected chi connectivity index (χ1v) is 6.15. The van der Waals surface area contributed by atoms with Crippen LogP contribution in [0.4, 0.5) is 5.69 Å². The number of carbonyl (C=O) groups is 1. The number of carbonyl (C=O) groups excluding carboxylic acids is 1. The van der Waals surface area contributed by atoms with Crippen molar-refractivity contribution in [2.24, 2.45) is 0 Å². The summed E-state index contributed by atoms with van der Waals surface area (Å²) in [6.45, 7) is 0.284. The van der Waals surface area contributed by atoms with Crippen LogP contribution in [0.2, 0.25) is 0 Å². The van der Waals surface area contributed by atoms with Crippen molar-refractivity contribution in [2.75, 3.05) is 11.4 Å². The molecule has 5 nitrogen and oxygen atoms in total. The number of hydrogen-bond donors (Lipinski definition) is 1. The number of pyridine rings is 1. The smallest absolute Gasteiger partial charge is 0.258 e. The highest BCUT2D eigenvalue weighted by molar-refractivity contribution is 6.05. The molecule has 1 aromatic carbocycles. The van der Waals surface area contributed by atoms with E-state index < -0.39 is 0 Å². The van der Waals surface area contributed by atoms with Crippen molar-refractivity contribution < 1.29 is 4.79 Å². The Bertz CT molecular complexity index is 686. The van der Waals surface area contributed by atoms with E-state index in [0.29, 0.717) is 11.3 Å². The Labute approximate surface area is 116 Å².